The molecule has 0 bridgehead atoms. The van der Waals surface area contributed by atoms with Crippen LogP contribution in [0.15, 0.2) is 0 Å². The van der Waals surface area contributed by atoms with Crippen LogP contribution in [-0.4, -0.2) is 18.1 Å². The summed E-state index contributed by atoms with van der Waals surface area (Å²) in [6.07, 6.45) is 16.2. The highest BCUT2D eigenvalue weighted by Crippen LogP contribution is 2.26. The first-order valence-electron chi connectivity index (χ1n) is 9.15. The van der Waals surface area contributed by atoms with Crippen LogP contribution in [0.1, 0.15) is 96.8 Å². The Morgan fingerprint density at radius 1 is 0.905 bits per heavy atom. The molecule has 0 aromatic carbocycles. The van der Waals surface area contributed by atoms with Crippen LogP contribution in [0.5, 0.6) is 0 Å². The first-order chi connectivity index (χ1) is 10.2. The van der Waals surface area contributed by atoms with Crippen molar-refractivity contribution >= 4 is 5.97 Å². The van der Waals surface area contributed by atoms with Crippen molar-refractivity contribution < 1.29 is 9.53 Å². The van der Waals surface area contributed by atoms with E-state index in [1.807, 2.05) is 0 Å². The zero-order chi connectivity index (χ0) is 15.4. The maximum atomic E-state index is 12.1. The second-order valence-corrected chi connectivity index (χ2v) is 6.68. The molecule has 1 aliphatic rings. The molecule has 0 saturated heterocycles. The van der Waals surface area contributed by atoms with Crippen LogP contribution in [0.2, 0.25) is 0 Å². The zero-order valence-electron chi connectivity index (χ0n) is 14.0. The molecular weight excluding hydrogens is 262 g/mol. The van der Waals surface area contributed by atoms with Crippen molar-refractivity contribution in [3.8, 4) is 0 Å². The van der Waals surface area contributed by atoms with Gasteiger partial charge in [-0.3, -0.25) is 4.79 Å². The third-order valence-corrected chi connectivity index (χ3v) is 4.63. The van der Waals surface area contributed by atoms with Crippen LogP contribution < -0.4 is 5.73 Å². The number of ether oxygens (including phenoxy) is 1. The molecule has 21 heavy (non-hydrogen) atoms. The average Bonchev–Trinajstić information content (AvgIpc) is 2.71. The topological polar surface area (TPSA) is 52.3 Å². The highest BCUT2D eigenvalue weighted by atomic mass is 16.5. The van der Waals surface area contributed by atoms with Crippen LogP contribution >= 0.6 is 0 Å². The second-order valence-electron chi connectivity index (χ2n) is 6.68. The Bertz CT molecular complexity index is 270. The van der Waals surface area contributed by atoms with Crippen LogP contribution in [0, 0.1) is 0 Å². The summed E-state index contributed by atoms with van der Waals surface area (Å²) in [6, 6.07) is 0. The van der Waals surface area contributed by atoms with Gasteiger partial charge >= 0.3 is 5.97 Å². The van der Waals surface area contributed by atoms with Crippen molar-refractivity contribution in [1.82, 2.24) is 0 Å². The molecule has 1 fully saturated rings. The first kappa shape index (κ1) is 18.5. The number of nitrogens with two attached hydrogens (primary N) is 1. The lowest BCUT2D eigenvalue weighted by molar-refractivity contribution is -0.150. The summed E-state index contributed by atoms with van der Waals surface area (Å²) in [7, 11) is 0. The first-order valence-corrected chi connectivity index (χ1v) is 9.15. The highest BCUT2D eigenvalue weighted by molar-refractivity contribution is 5.80. The van der Waals surface area contributed by atoms with Gasteiger partial charge < -0.3 is 10.5 Å². The summed E-state index contributed by atoms with van der Waals surface area (Å²) in [4.78, 5) is 12.1. The van der Waals surface area contributed by atoms with Crippen molar-refractivity contribution in [2.24, 2.45) is 5.73 Å². The van der Waals surface area contributed by atoms with Crippen molar-refractivity contribution in [2.45, 2.75) is 102 Å². The minimum atomic E-state index is -0.698. The van der Waals surface area contributed by atoms with Gasteiger partial charge in [-0.25, -0.2) is 0 Å². The third-order valence-electron chi connectivity index (χ3n) is 4.63. The van der Waals surface area contributed by atoms with Gasteiger partial charge in [0.05, 0.1) is 6.61 Å². The number of hydrogen-bond donors (Lipinski definition) is 1. The molecule has 0 atom stereocenters. The molecule has 0 aromatic rings. The molecule has 124 valence electrons. The Balaban J connectivity index is 2.02. The Hall–Kier alpha value is -0.570. The standard InChI is InChI=1S/C18H35NO2/c1-2-3-4-5-6-7-10-13-16-21-17(20)18(19)14-11-8-9-12-15-18/h2-16,19H2,1H3. The van der Waals surface area contributed by atoms with E-state index >= 15 is 0 Å². The van der Waals surface area contributed by atoms with Gasteiger partial charge in [-0.15, -0.1) is 0 Å². The maximum absolute atomic E-state index is 12.1. The van der Waals surface area contributed by atoms with Gasteiger partial charge in [-0.05, 0) is 19.3 Å². The predicted molar refractivity (Wildman–Crippen MR) is 88.2 cm³/mol. The van der Waals surface area contributed by atoms with Gasteiger partial charge in [0.1, 0.15) is 5.54 Å². The predicted octanol–water partition coefficient (Wildman–Crippen LogP) is 4.72. The van der Waals surface area contributed by atoms with E-state index in [1.54, 1.807) is 0 Å². The van der Waals surface area contributed by atoms with Crippen LogP contribution in [0.4, 0.5) is 0 Å². The Morgan fingerprint density at radius 2 is 1.43 bits per heavy atom. The van der Waals surface area contributed by atoms with E-state index in [4.69, 9.17) is 10.5 Å². The molecule has 0 aromatic heterocycles. The van der Waals surface area contributed by atoms with Crippen molar-refractivity contribution in [2.75, 3.05) is 6.61 Å². The largest absolute Gasteiger partial charge is 0.464 e. The lowest BCUT2D eigenvalue weighted by Crippen LogP contribution is -2.48. The fraction of sp³-hybridized carbons (Fsp3) is 0.944. The number of rotatable bonds is 10. The summed E-state index contributed by atoms with van der Waals surface area (Å²) in [5.74, 6) is -0.160. The molecule has 0 spiro atoms. The molecule has 0 amide bonds. The van der Waals surface area contributed by atoms with E-state index < -0.39 is 5.54 Å². The van der Waals surface area contributed by atoms with E-state index in [1.165, 1.54) is 51.4 Å². The van der Waals surface area contributed by atoms with E-state index in [2.05, 4.69) is 6.92 Å². The quantitative estimate of drug-likeness (QED) is 0.360. The molecule has 1 rings (SSSR count). The minimum Gasteiger partial charge on any atom is -0.464 e. The van der Waals surface area contributed by atoms with Gasteiger partial charge in [-0.2, -0.15) is 0 Å². The fourth-order valence-electron chi connectivity index (χ4n) is 3.11. The maximum Gasteiger partial charge on any atom is 0.326 e. The van der Waals surface area contributed by atoms with E-state index in [0.29, 0.717) is 6.61 Å². The van der Waals surface area contributed by atoms with Crippen molar-refractivity contribution in [1.29, 1.82) is 0 Å². The van der Waals surface area contributed by atoms with Gasteiger partial charge in [0.2, 0.25) is 0 Å². The molecule has 1 saturated carbocycles. The third kappa shape index (κ3) is 7.85. The van der Waals surface area contributed by atoms with Crippen LogP contribution in [0.3, 0.4) is 0 Å². The number of carbonyl (C=O) groups excluding carboxylic acids is 1. The number of carbonyl (C=O) groups is 1. The lowest BCUT2D eigenvalue weighted by Gasteiger charge is -2.25. The molecule has 2 N–H and O–H groups in total. The van der Waals surface area contributed by atoms with E-state index in [0.717, 1.165) is 38.5 Å². The SMILES string of the molecule is CCCCCCCCCCOC(=O)C1(N)CCCCCC1. The smallest absolute Gasteiger partial charge is 0.326 e. The summed E-state index contributed by atoms with van der Waals surface area (Å²) in [5, 5.41) is 0. The zero-order valence-corrected chi connectivity index (χ0v) is 14.0. The molecule has 0 unspecified atom stereocenters. The molecule has 3 heteroatoms. The Kier molecular flexibility index (Phi) is 9.73. The van der Waals surface area contributed by atoms with Gasteiger partial charge in [0.25, 0.3) is 0 Å². The molecule has 0 radical (unpaired) electrons. The fourth-order valence-corrected chi connectivity index (χ4v) is 3.11. The lowest BCUT2D eigenvalue weighted by atomic mass is 9.92. The Morgan fingerprint density at radius 3 is 2.00 bits per heavy atom. The number of hydrogen-bond acceptors (Lipinski definition) is 3. The molecule has 1 aliphatic carbocycles. The average molecular weight is 297 g/mol. The van der Waals surface area contributed by atoms with Crippen molar-refractivity contribution in [3.63, 3.8) is 0 Å². The normalized spacial score (nSPS) is 18.2. The summed E-state index contributed by atoms with van der Waals surface area (Å²) in [6.45, 7) is 2.79. The number of unbranched alkanes of at least 4 members (excludes halogenated alkanes) is 7. The van der Waals surface area contributed by atoms with Crippen LogP contribution in [0.25, 0.3) is 0 Å². The molecular formula is C18H35NO2. The minimum absolute atomic E-state index is 0.160. The second kappa shape index (κ2) is 11.1. The van der Waals surface area contributed by atoms with Gasteiger partial charge in [0, 0.05) is 0 Å². The van der Waals surface area contributed by atoms with E-state index in [9.17, 15) is 4.79 Å². The van der Waals surface area contributed by atoms with Crippen LogP contribution in [-0.2, 0) is 9.53 Å². The van der Waals surface area contributed by atoms with Gasteiger partial charge in [-0.1, -0.05) is 77.6 Å². The summed E-state index contributed by atoms with van der Waals surface area (Å²) in [5.41, 5.74) is 5.54. The summed E-state index contributed by atoms with van der Waals surface area (Å²) < 4.78 is 5.42. The summed E-state index contributed by atoms with van der Waals surface area (Å²) >= 11 is 0. The highest BCUT2D eigenvalue weighted by Gasteiger charge is 2.35. The molecule has 0 heterocycles. The monoisotopic (exact) mass is 297 g/mol. The number of esters is 1. The molecule has 3 nitrogen and oxygen atoms in total. The van der Waals surface area contributed by atoms with E-state index in [-0.39, 0.29) is 5.97 Å². The Labute approximate surface area is 131 Å². The molecule has 0 aliphatic heterocycles. The van der Waals surface area contributed by atoms with Crippen molar-refractivity contribution in [3.05, 3.63) is 0 Å². The van der Waals surface area contributed by atoms with Gasteiger partial charge in [0.15, 0.2) is 0 Å².